The van der Waals surface area contributed by atoms with Gasteiger partial charge >= 0.3 is 0 Å². The molecule has 0 amide bonds. The molecule has 134 valence electrons. The smallest absolute Gasteiger partial charge is 0.134 e. The van der Waals surface area contributed by atoms with Gasteiger partial charge in [0, 0.05) is 58.1 Å². The summed E-state index contributed by atoms with van der Waals surface area (Å²) in [6.45, 7) is 10.5. The largest absolute Gasteiger partial charge is 0.356 e. The highest BCUT2D eigenvalue weighted by Gasteiger charge is 2.20. The van der Waals surface area contributed by atoms with Crippen LogP contribution >= 0.6 is 0 Å². The Hall–Kier alpha value is -2.15. The summed E-state index contributed by atoms with van der Waals surface area (Å²) in [5, 5.41) is 4.37. The second kappa shape index (κ2) is 7.39. The third kappa shape index (κ3) is 3.92. The molecule has 0 aliphatic carbocycles. The first-order chi connectivity index (χ1) is 12.3. The molecule has 0 atom stereocenters. The third-order valence-corrected chi connectivity index (χ3v) is 5.17. The summed E-state index contributed by atoms with van der Waals surface area (Å²) in [5.74, 6) is 2.15. The molecule has 2 saturated heterocycles. The van der Waals surface area contributed by atoms with Crippen LogP contribution in [0.2, 0.25) is 0 Å². The summed E-state index contributed by atoms with van der Waals surface area (Å²) >= 11 is 0. The summed E-state index contributed by atoms with van der Waals surface area (Å²) in [7, 11) is 0. The van der Waals surface area contributed by atoms with Crippen molar-refractivity contribution in [3.05, 3.63) is 30.4 Å². The standard InChI is InChI=1S/C18H27N7/c1-16-13-21-25(14-16)11-8-22-6-9-24(10-7-22)18-12-17(19-15-20-18)23-4-2-3-5-23/h12-15H,2-11H2,1H3. The van der Waals surface area contributed by atoms with Gasteiger partial charge in [0.25, 0.3) is 0 Å². The van der Waals surface area contributed by atoms with E-state index in [2.05, 4.69) is 49.0 Å². The number of hydrogen-bond acceptors (Lipinski definition) is 6. The molecule has 2 aliphatic rings. The lowest BCUT2D eigenvalue weighted by molar-refractivity contribution is 0.244. The summed E-state index contributed by atoms with van der Waals surface area (Å²) < 4.78 is 2.04. The first-order valence-corrected chi connectivity index (χ1v) is 9.31. The number of hydrogen-bond donors (Lipinski definition) is 0. The van der Waals surface area contributed by atoms with Crippen LogP contribution in [-0.2, 0) is 6.54 Å². The molecule has 2 aliphatic heterocycles. The van der Waals surface area contributed by atoms with Gasteiger partial charge in [-0.15, -0.1) is 0 Å². The van der Waals surface area contributed by atoms with Crippen LogP contribution in [0.4, 0.5) is 11.6 Å². The van der Waals surface area contributed by atoms with Crippen LogP contribution in [0.1, 0.15) is 18.4 Å². The second-order valence-electron chi connectivity index (χ2n) is 7.04. The molecule has 7 heteroatoms. The lowest BCUT2D eigenvalue weighted by Crippen LogP contribution is -2.47. The molecular formula is C18H27N7. The maximum absolute atomic E-state index is 4.51. The molecule has 2 fully saturated rings. The van der Waals surface area contributed by atoms with E-state index in [9.17, 15) is 0 Å². The van der Waals surface area contributed by atoms with Crippen LogP contribution in [0.15, 0.2) is 24.8 Å². The Morgan fingerprint density at radius 3 is 2.20 bits per heavy atom. The molecule has 4 heterocycles. The van der Waals surface area contributed by atoms with Crippen molar-refractivity contribution in [2.24, 2.45) is 0 Å². The lowest BCUT2D eigenvalue weighted by atomic mass is 10.3. The van der Waals surface area contributed by atoms with Crippen LogP contribution < -0.4 is 9.80 Å². The maximum atomic E-state index is 4.51. The fourth-order valence-corrected chi connectivity index (χ4v) is 3.66. The van der Waals surface area contributed by atoms with Gasteiger partial charge in [-0.05, 0) is 25.3 Å². The quantitative estimate of drug-likeness (QED) is 0.819. The van der Waals surface area contributed by atoms with Gasteiger partial charge in [0.15, 0.2) is 0 Å². The van der Waals surface area contributed by atoms with Crippen molar-refractivity contribution in [2.45, 2.75) is 26.3 Å². The average Bonchev–Trinajstić information content (AvgIpc) is 3.32. The third-order valence-electron chi connectivity index (χ3n) is 5.17. The second-order valence-corrected chi connectivity index (χ2v) is 7.04. The number of aryl methyl sites for hydroxylation is 1. The van der Waals surface area contributed by atoms with Gasteiger partial charge < -0.3 is 9.80 Å². The summed E-state index contributed by atoms with van der Waals surface area (Å²) in [6.07, 6.45) is 8.29. The monoisotopic (exact) mass is 341 g/mol. The molecule has 0 aromatic carbocycles. The van der Waals surface area contributed by atoms with E-state index in [-0.39, 0.29) is 0 Å². The Bertz CT molecular complexity index is 684. The van der Waals surface area contributed by atoms with Gasteiger partial charge in [-0.2, -0.15) is 5.10 Å². The van der Waals surface area contributed by atoms with E-state index in [1.54, 1.807) is 6.33 Å². The van der Waals surface area contributed by atoms with E-state index < -0.39 is 0 Å². The van der Waals surface area contributed by atoms with Gasteiger partial charge in [-0.1, -0.05) is 0 Å². The van der Waals surface area contributed by atoms with E-state index in [1.165, 1.54) is 18.4 Å². The van der Waals surface area contributed by atoms with Crippen molar-refractivity contribution in [3.63, 3.8) is 0 Å². The van der Waals surface area contributed by atoms with Crippen LogP contribution in [0.5, 0.6) is 0 Å². The maximum Gasteiger partial charge on any atom is 0.134 e. The molecule has 0 radical (unpaired) electrons. The highest BCUT2D eigenvalue weighted by atomic mass is 15.3. The van der Waals surface area contributed by atoms with Gasteiger partial charge in [0.05, 0.1) is 12.7 Å². The van der Waals surface area contributed by atoms with Crippen molar-refractivity contribution < 1.29 is 0 Å². The van der Waals surface area contributed by atoms with Crippen molar-refractivity contribution in [3.8, 4) is 0 Å². The first kappa shape index (κ1) is 16.3. The minimum atomic E-state index is 0.959. The Balaban J connectivity index is 1.30. The van der Waals surface area contributed by atoms with Gasteiger partial charge in [0.1, 0.15) is 18.0 Å². The molecule has 7 nitrogen and oxygen atoms in total. The zero-order valence-corrected chi connectivity index (χ0v) is 15.0. The highest BCUT2D eigenvalue weighted by Crippen LogP contribution is 2.22. The minimum absolute atomic E-state index is 0.959. The van der Waals surface area contributed by atoms with E-state index in [0.29, 0.717) is 0 Å². The SMILES string of the molecule is Cc1cnn(CCN2CCN(c3cc(N4CCCC4)ncn3)CC2)c1. The summed E-state index contributed by atoms with van der Waals surface area (Å²) in [4.78, 5) is 16.2. The summed E-state index contributed by atoms with van der Waals surface area (Å²) in [5.41, 5.74) is 1.22. The number of nitrogens with zero attached hydrogens (tertiary/aromatic N) is 7. The zero-order chi connectivity index (χ0) is 17.1. The number of anilines is 2. The van der Waals surface area contributed by atoms with E-state index in [4.69, 9.17) is 0 Å². The van der Waals surface area contributed by atoms with Crippen LogP contribution in [0.3, 0.4) is 0 Å². The fraction of sp³-hybridized carbons (Fsp3) is 0.611. The molecular weight excluding hydrogens is 314 g/mol. The molecule has 0 spiro atoms. The van der Waals surface area contributed by atoms with Crippen molar-refractivity contribution in [2.75, 3.05) is 55.6 Å². The fourth-order valence-electron chi connectivity index (χ4n) is 3.66. The topological polar surface area (TPSA) is 53.3 Å². The van der Waals surface area contributed by atoms with Crippen LogP contribution in [-0.4, -0.2) is 70.5 Å². The van der Waals surface area contributed by atoms with Crippen LogP contribution in [0, 0.1) is 6.92 Å². The molecule has 4 rings (SSSR count). The molecule has 2 aromatic heterocycles. The molecule has 25 heavy (non-hydrogen) atoms. The van der Waals surface area contributed by atoms with Crippen molar-refractivity contribution >= 4 is 11.6 Å². The predicted octanol–water partition coefficient (Wildman–Crippen LogP) is 1.40. The Labute approximate surface area is 149 Å². The van der Waals surface area contributed by atoms with Crippen molar-refractivity contribution in [1.29, 1.82) is 0 Å². The molecule has 0 unspecified atom stereocenters. The molecule has 2 aromatic rings. The predicted molar refractivity (Wildman–Crippen MR) is 99.1 cm³/mol. The lowest BCUT2D eigenvalue weighted by Gasteiger charge is -2.35. The Morgan fingerprint density at radius 2 is 1.56 bits per heavy atom. The summed E-state index contributed by atoms with van der Waals surface area (Å²) in [6, 6.07) is 2.16. The van der Waals surface area contributed by atoms with E-state index in [0.717, 1.165) is 64.0 Å². The highest BCUT2D eigenvalue weighted by molar-refractivity contribution is 5.50. The minimum Gasteiger partial charge on any atom is -0.356 e. The number of aromatic nitrogens is 4. The van der Waals surface area contributed by atoms with Gasteiger partial charge in [0.2, 0.25) is 0 Å². The molecule has 0 N–H and O–H groups in total. The zero-order valence-electron chi connectivity index (χ0n) is 15.0. The first-order valence-electron chi connectivity index (χ1n) is 9.31. The molecule has 0 saturated carbocycles. The van der Waals surface area contributed by atoms with Crippen LogP contribution in [0.25, 0.3) is 0 Å². The Kier molecular flexibility index (Phi) is 4.83. The normalized spacial score (nSPS) is 18.9. The van der Waals surface area contributed by atoms with E-state index >= 15 is 0 Å². The number of piperazine rings is 1. The average molecular weight is 341 g/mol. The van der Waals surface area contributed by atoms with Crippen molar-refractivity contribution in [1.82, 2.24) is 24.6 Å². The van der Waals surface area contributed by atoms with Gasteiger partial charge in [-0.3, -0.25) is 9.58 Å². The molecule has 0 bridgehead atoms. The number of rotatable bonds is 5. The van der Waals surface area contributed by atoms with Gasteiger partial charge in [-0.25, -0.2) is 9.97 Å². The van der Waals surface area contributed by atoms with E-state index in [1.807, 2.05) is 10.9 Å². The Morgan fingerprint density at radius 1 is 0.880 bits per heavy atom.